The lowest BCUT2D eigenvalue weighted by Gasteiger charge is -2.35. The number of terminal acetylenes is 1. The van der Waals surface area contributed by atoms with Crippen molar-refractivity contribution in [3.8, 4) is 46.8 Å². The van der Waals surface area contributed by atoms with Crippen LogP contribution in [0.2, 0.25) is 0 Å². The van der Waals surface area contributed by atoms with Crippen molar-refractivity contribution >= 4 is 5.57 Å². The molecule has 3 aromatic heterocycles. The van der Waals surface area contributed by atoms with Gasteiger partial charge in [-0.1, -0.05) is 90.8 Å². The predicted molar refractivity (Wildman–Crippen MR) is 175 cm³/mol. The van der Waals surface area contributed by atoms with Gasteiger partial charge in [0, 0.05) is 18.0 Å². The van der Waals surface area contributed by atoms with Crippen LogP contribution in [0.1, 0.15) is 29.2 Å². The van der Waals surface area contributed by atoms with Crippen LogP contribution in [0.25, 0.3) is 40.0 Å². The van der Waals surface area contributed by atoms with Crippen molar-refractivity contribution in [1.29, 1.82) is 0 Å². The third-order valence-electron chi connectivity index (χ3n) is 8.08. The van der Waals surface area contributed by atoms with Gasteiger partial charge in [0.25, 0.3) is 0 Å². The topological polar surface area (TPSA) is 64.5 Å². The van der Waals surface area contributed by atoms with Crippen molar-refractivity contribution < 1.29 is 0 Å². The van der Waals surface area contributed by atoms with Gasteiger partial charge in [-0.15, -0.1) is 6.42 Å². The highest BCUT2D eigenvalue weighted by molar-refractivity contribution is 5.88. The molecule has 0 aliphatic heterocycles. The van der Waals surface area contributed by atoms with E-state index >= 15 is 0 Å². The van der Waals surface area contributed by atoms with Crippen LogP contribution in [0.4, 0.5) is 0 Å². The second-order valence-corrected chi connectivity index (χ2v) is 10.5. The molecular formula is C39H27N5. The monoisotopic (exact) mass is 565 g/mol. The lowest BCUT2D eigenvalue weighted by molar-refractivity contribution is 0.761. The van der Waals surface area contributed by atoms with E-state index in [9.17, 15) is 0 Å². The van der Waals surface area contributed by atoms with Gasteiger partial charge < -0.3 is 0 Å². The van der Waals surface area contributed by atoms with Gasteiger partial charge in [-0.2, -0.15) is 0 Å². The second kappa shape index (κ2) is 11.4. The van der Waals surface area contributed by atoms with Gasteiger partial charge in [0.15, 0.2) is 17.5 Å². The minimum absolute atomic E-state index is 0.487. The lowest BCUT2D eigenvalue weighted by Crippen LogP contribution is -2.29. The van der Waals surface area contributed by atoms with Crippen LogP contribution in [-0.2, 0) is 5.41 Å². The van der Waals surface area contributed by atoms with Gasteiger partial charge in [0.1, 0.15) is 11.4 Å². The molecule has 0 unspecified atom stereocenters. The van der Waals surface area contributed by atoms with Crippen molar-refractivity contribution in [3.63, 3.8) is 0 Å². The van der Waals surface area contributed by atoms with Crippen molar-refractivity contribution in [2.75, 3.05) is 0 Å². The van der Waals surface area contributed by atoms with Crippen LogP contribution in [0, 0.1) is 12.3 Å². The molecule has 0 radical (unpaired) electrons. The molecule has 0 bridgehead atoms. The number of hydrogen-bond donors (Lipinski definition) is 0. The fourth-order valence-corrected chi connectivity index (χ4v) is 6.16. The fraction of sp³-hybridized carbons (Fsp3) is 0.0513. The van der Waals surface area contributed by atoms with Crippen LogP contribution >= 0.6 is 0 Å². The Labute approximate surface area is 256 Å². The Hall–Kier alpha value is -5.99. The summed E-state index contributed by atoms with van der Waals surface area (Å²) in [5.74, 6) is 4.23. The summed E-state index contributed by atoms with van der Waals surface area (Å²) in [6.07, 6.45) is 13.1. The molecule has 208 valence electrons. The van der Waals surface area contributed by atoms with Crippen LogP contribution in [0.3, 0.4) is 0 Å². The average Bonchev–Trinajstić information content (AvgIpc) is 3.36. The SMILES string of the molecule is C#C/C=C\C1=C(C)c2ccc(-c3nc(-c4ccccn4)nc(-c4ccccn4)n3)cc2C1(c1ccccc1)c1ccccc1. The number of aromatic nitrogens is 5. The maximum Gasteiger partial charge on any atom is 0.182 e. The number of benzene rings is 3. The zero-order valence-electron chi connectivity index (χ0n) is 24.1. The normalized spacial score (nSPS) is 13.5. The van der Waals surface area contributed by atoms with E-state index in [0.29, 0.717) is 28.9 Å². The molecule has 5 heteroatoms. The van der Waals surface area contributed by atoms with E-state index in [1.165, 1.54) is 5.57 Å². The van der Waals surface area contributed by atoms with Gasteiger partial charge in [-0.05, 0) is 82.8 Å². The molecule has 6 aromatic rings. The number of rotatable bonds is 6. The highest BCUT2D eigenvalue weighted by Crippen LogP contribution is 2.55. The summed E-state index contributed by atoms with van der Waals surface area (Å²) in [4.78, 5) is 23.7. The molecule has 0 N–H and O–H groups in total. The van der Waals surface area contributed by atoms with Crippen LogP contribution in [-0.4, -0.2) is 24.9 Å². The molecule has 0 saturated heterocycles. The van der Waals surface area contributed by atoms with Crippen molar-refractivity contribution in [3.05, 3.63) is 168 Å². The first-order chi connectivity index (χ1) is 21.7. The molecular weight excluding hydrogens is 538 g/mol. The van der Waals surface area contributed by atoms with E-state index in [1.54, 1.807) is 18.5 Å². The molecule has 0 saturated carbocycles. The number of fused-ring (bicyclic) bond motifs is 1. The van der Waals surface area contributed by atoms with Gasteiger partial charge in [-0.25, -0.2) is 15.0 Å². The zero-order valence-corrected chi connectivity index (χ0v) is 24.1. The molecule has 0 fully saturated rings. The summed E-state index contributed by atoms with van der Waals surface area (Å²) in [7, 11) is 0. The van der Waals surface area contributed by atoms with Crippen LogP contribution in [0.5, 0.6) is 0 Å². The molecule has 3 aromatic carbocycles. The second-order valence-electron chi connectivity index (χ2n) is 10.5. The molecule has 0 atom stereocenters. The van der Waals surface area contributed by atoms with Gasteiger partial charge in [-0.3, -0.25) is 9.97 Å². The summed E-state index contributed by atoms with van der Waals surface area (Å²) >= 11 is 0. The third-order valence-corrected chi connectivity index (χ3v) is 8.08. The molecule has 44 heavy (non-hydrogen) atoms. The van der Waals surface area contributed by atoms with Gasteiger partial charge in [0.2, 0.25) is 0 Å². The smallest absolute Gasteiger partial charge is 0.182 e. The molecule has 5 nitrogen and oxygen atoms in total. The molecule has 1 aliphatic carbocycles. The van der Waals surface area contributed by atoms with E-state index in [4.69, 9.17) is 21.4 Å². The van der Waals surface area contributed by atoms with E-state index in [-0.39, 0.29) is 0 Å². The van der Waals surface area contributed by atoms with Gasteiger partial charge in [0.05, 0.1) is 5.41 Å². The van der Waals surface area contributed by atoms with Crippen molar-refractivity contribution in [2.24, 2.45) is 0 Å². The number of allylic oxidation sites excluding steroid dienone is 4. The standard InChI is InChI=1S/C39H27N5/c1-3-4-19-32-27(2)31-23-22-28(26-33(31)39(32,29-15-7-5-8-16-29)30-17-9-6-10-18-30)36-42-37(34-20-11-13-24-40-34)44-38(43-36)35-21-12-14-25-41-35/h1,4-26H,2H3/b19-4-. The maximum atomic E-state index is 5.76. The van der Waals surface area contributed by atoms with Crippen LogP contribution in [0.15, 0.2) is 145 Å². The number of nitrogens with zero attached hydrogens (tertiary/aromatic N) is 5. The summed E-state index contributed by atoms with van der Waals surface area (Å²) in [6, 6.07) is 39.1. The quantitative estimate of drug-likeness (QED) is 0.192. The molecule has 7 rings (SSSR count). The first-order valence-electron chi connectivity index (χ1n) is 14.4. The average molecular weight is 566 g/mol. The summed E-state index contributed by atoms with van der Waals surface area (Å²) in [6.45, 7) is 2.17. The summed E-state index contributed by atoms with van der Waals surface area (Å²) < 4.78 is 0. The van der Waals surface area contributed by atoms with E-state index in [1.807, 2.05) is 48.5 Å². The number of pyridine rings is 2. The highest BCUT2D eigenvalue weighted by Gasteiger charge is 2.46. The van der Waals surface area contributed by atoms with E-state index < -0.39 is 5.41 Å². The maximum absolute atomic E-state index is 5.76. The summed E-state index contributed by atoms with van der Waals surface area (Å²) in [5.41, 5.74) is 8.49. The zero-order chi connectivity index (χ0) is 29.9. The Balaban J connectivity index is 1.51. The Morgan fingerprint density at radius 2 is 1.18 bits per heavy atom. The Morgan fingerprint density at radius 3 is 1.70 bits per heavy atom. The first-order valence-corrected chi connectivity index (χ1v) is 14.4. The van der Waals surface area contributed by atoms with Crippen LogP contribution < -0.4 is 0 Å². The molecule has 1 aliphatic rings. The summed E-state index contributed by atoms with van der Waals surface area (Å²) in [5, 5.41) is 0. The first kappa shape index (κ1) is 26.9. The minimum Gasteiger partial charge on any atom is -0.253 e. The van der Waals surface area contributed by atoms with Crippen molar-refractivity contribution in [1.82, 2.24) is 24.9 Å². The van der Waals surface area contributed by atoms with E-state index in [2.05, 4.69) is 95.6 Å². The van der Waals surface area contributed by atoms with Crippen molar-refractivity contribution in [2.45, 2.75) is 12.3 Å². The molecule has 3 heterocycles. The number of hydrogen-bond acceptors (Lipinski definition) is 5. The lowest BCUT2D eigenvalue weighted by atomic mass is 9.66. The van der Waals surface area contributed by atoms with E-state index in [0.717, 1.165) is 33.4 Å². The predicted octanol–water partition coefficient (Wildman–Crippen LogP) is 7.97. The fourth-order valence-electron chi connectivity index (χ4n) is 6.16. The van der Waals surface area contributed by atoms with Gasteiger partial charge >= 0.3 is 0 Å². The molecule has 0 spiro atoms. The molecule has 0 amide bonds. The highest BCUT2D eigenvalue weighted by atomic mass is 15.1. The largest absolute Gasteiger partial charge is 0.253 e. The Morgan fingerprint density at radius 1 is 0.636 bits per heavy atom. The minimum atomic E-state index is -0.605. The Kier molecular flexibility index (Phi) is 6.94. The Bertz CT molecular complexity index is 1960. The third kappa shape index (κ3) is 4.50.